The van der Waals surface area contributed by atoms with Gasteiger partial charge < -0.3 is 15.0 Å². The molecular weight excluding hydrogens is 304 g/mol. The Morgan fingerprint density at radius 1 is 1.33 bits per heavy atom. The normalized spacial score (nSPS) is 14.3. The lowest BCUT2D eigenvalue weighted by Crippen LogP contribution is -2.14. The lowest BCUT2D eigenvalue weighted by atomic mass is 10.1. The van der Waals surface area contributed by atoms with Gasteiger partial charge in [0.2, 0.25) is 0 Å². The van der Waals surface area contributed by atoms with Crippen LogP contribution in [0.25, 0.3) is 11.4 Å². The van der Waals surface area contributed by atoms with E-state index in [0.717, 1.165) is 49.7 Å². The monoisotopic (exact) mass is 326 g/mol. The van der Waals surface area contributed by atoms with Crippen LogP contribution in [0.1, 0.15) is 24.1 Å². The second-order valence-electron chi connectivity index (χ2n) is 5.92. The number of rotatable bonds is 5. The van der Waals surface area contributed by atoms with Crippen LogP contribution in [-0.4, -0.2) is 34.7 Å². The maximum atomic E-state index is 11.9. The van der Waals surface area contributed by atoms with Crippen molar-refractivity contribution in [1.82, 2.24) is 15.0 Å². The Kier molecular flexibility index (Phi) is 5.05. The molecule has 24 heavy (non-hydrogen) atoms. The van der Waals surface area contributed by atoms with Crippen molar-refractivity contribution in [3.05, 3.63) is 51.6 Å². The minimum atomic E-state index is -0.107. The van der Waals surface area contributed by atoms with Crippen molar-refractivity contribution >= 4 is 5.82 Å². The van der Waals surface area contributed by atoms with Crippen LogP contribution in [0.3, 0.4) is 0 Å². The highest BCUT2D eigenvalue weighted by Gasteiger charge is 2.07. The number of aryl methyl sites for hydroxylation is 1. The number of hydrogen-bond donors (Lipinski definition) is 2. The first-order valence-corrected chi connectivity index (χ1v) is 8.17. The molecular formula is C18H22N4O2. The lowest BCUT2D eigenvalue weighted by molar-refractivity contribution is 0.153. The Hall–Kier alpha value is -2.47. The maximum absolute atomic E-state index is 11.9. The fraction of sp³-hybridized carbons (Fsp3) is 0.389. The minimum Gasteiger partial charge on any atom is -0.377 e. The van der Waals surface area contributed by atoms with Crippen LogP contribution in [0.5, 0.6) is 0 Å². The summed E-state index contributed by atoms with van der Waals surface area (Å²) >= 11 is 0. The molecule has 0 radical (unpaired) electrons. The highest BCUT2D eigenvalue weighted by Crippen LogP contribution is 2.16. The zero-order valence-electron chi connectivity index (χ0n) is 14.1. The second kappa shape index (κ2) is 7.40. The standard InChI is InChI=1S/C18H22N4O2/c1-12-13(2)21-17(22-18(12)23)15-3-4-16(20-11-15)19-8-5-14-6-9-24-10-7-14/h3-4,6,11H,5,7-10H2,1-2H3,(H,19,20)(H,21,22,23). The first kappa shape index (κ1) is 16.4. The molecule has 6 nitrogen and oxygen atoms in total. The summed E-state index contributed by atoms with van der Waals surface area (Å²) in [7, 11) is 0. The van der Waals surface area contributed by atoms with Crippen LogP contribution in [-0.2, 0) is 4.74 Å². The van der Waals surface area contributed by atoms with Gasteiger partial charge in [-0.1, -0.05) is 11.6 Å². The predicted octanol–water partition coefficient (Wildman–Crippen LogP) is 2.60. The van der Waals surface area contributed by atoms with Gasteiger partial charge in [-0.25, -0.2) is 9.97 Å². The fourth-order valence-electron chi connectivity index (χ4n) is 2.56. The summed E-state index contributed by atoms with van der Waals surface area (Å²) in [5.74, 6) is 1.37. The van der Waals surface area contributed by atoms with E-state index in [0.29, 0.717) is 11.4 Å². The molecule has 3 rings (SSSR count). The van der Waals surface area contributed by atoms with E-state index < -0.39 is 0 Å². The molecule has 0 amide bonds. The van der Waals surface area contributed by atoms with Crippen molar-refractivity contribution in [2.45, 2.75) is 26.7 Å². The molecule has 0 unspecified atom stereocenters. The summed E-state index contributed by atoms with van der Waals surface area (Å²) in [5, 5.41) is 3.32. The molecule has 0 saturated heterocycles. The largest absolute Gasteiger partial charge is 0.377 e. The molecule has 2 N–H and O–H groups in total. The van der Waals surface area contributed by atoms with Crippen LogP contribution < -0.4 is 10.9 Å². The van der Waals surface area contributed by atoms with E-state index in [-0.39, 0.29) is 5.56 Å². The average Bonchev–Trinajstić information content (AvgIpc) is 2.61. The van der Waals surface area contributed by atoms with Gasteiger partial charge >= 0.3 is 0 Å². The lowest BCUT2D eigenvalue weighted by Gasteiger charge is -2.14. The molecule has 2 aromatic rings. The van der Waals surface area contributed by atoms with Crippen LogP contribution in [0, 0.1) is 13.8 Å². The van der Waals surface area contributed by atoms with E-state index in [9.17, 15) is 4.79 Å². The first-order valence-electron chi connectivity index (χ1n) is 8.17. The van der Waals surface area contributed by atoms with Crippen LogP contribution in [0.4, 0.5) is 5.82 Å². The minimum absolute atomic E-state index is 0.107. The third kappa shape index (κ3) is 3.89. The number of aromatic amines is 1. The van der Waals surface area contributed by atoms with Crippen LogP contribution in [0.2, 0.25) is 0 Å². The summed E-state index contributed by atoms with van der Waals surface area (Å²) in [6.45, 7) is 5.99. The fourth-order valence-corrected chi connectivity index (χ4v) is 2.56. The quantitative estimate of drug-likeness (QED) is 0.826. The molecule has 0 fully saturated rings. The van der Waals surface area contributed by atoms with E-state index in [1.54, 1.807) is 13.1 Å². The molecule has 0 bridgehead atoms. The van der Waals surface area contributed by atoms with E-state index in [1.807, 2.05) is 19.1 Å². The molecule has 0 spiro atoms. The highest BCUT2D eigenvalue weighted by molar-refractivity contribution is 5.56. The van der Waals surface area contributed by atoms with Crippen molar-refractivity contribution in [2.24, 2.45) is 0 Å². The van der Waals surface area contributed by atoms with E-state index >= 15 is 0 Å². The summed E-state index contributed by atoms with van der Waals surface area (Å²) in [4.78, 5) is 23.5. The van der Waals surface area contributed by atoms with Gasteiger partial charge in [0.05, 0.1) is 13.2 Å². The van der Waals surface area contributed by atoms with Crippen molar-refractivity contribution < 1.29 is 4.74 Å². The van der Waals surface area contributed by atoms with Gasteiger partial charge in [0.15, 0.2) is 0 Å². The number of nitrogens with zero attached hydrogens (tertiary/aromatic N) is 2. The van der Waals surface area contributed by atoms with Crippen molar-refractivity contribution in [3.8, 4) is 11.4 Å². The smallest absolute Gasteiger partial charge is 0.254 e. The molecule has 0 atom stereocenters. The van der Waals surface area contributed by atoms with E-state index in [4.69, 9.17) is 4.74 Å². The molecule has 0 saturated carbocycles. The topological polar surface area (TPSA) is 79.9 Å². The van der Waals surface area contributed by atoms with Gasteiger partial charge in [-0.2, -0.15) is 0 Å². The first-order chi connectivity index (χ1) is 11.6. The third-order valence-electron chi connectivity index (χ3n) is 4.24. The number of nitrogens with one attached hydrogen (secondary N) is 2. The van der Waals surface area contributed by atoms with E-state index in [1.165, 1.54) is 5.57 Å². The number of pyridine rings is 1. The number of anilines is 1. The molecule has 1 aliphatic rings. The molecule has 126 valence electrons. The van der Waals surface area contributed by atoms with Gasteiger partial charge in [0.1, 0.15) is 11.6 Å². The third-order valence-corrected chi connectivity index (χ3v) is 4.24. The van der Waals surface area contributed by atoms with Crippen molar-refractivity contribution in [1.29, 1.82) is 0 Å². The maximum Gasteiger partial charge on any atom is 0.254 e. The molecule has 0 aromatic carbocycles. The Morgan fingerprint density at radius 3 is 2.88 bits per heavy atom. The number of aromatic nitrogens is 3. The summed E-state index contributed by atoms with van der Waals surface area (Å²) in [6.07, 6.45) is 5.89. The zero-order chi connectivity index (χ0) is 16.9. The Bertz CT molecular complexity index is 794. The van der Waals surface area contributed by atoms with Crippen LogP contribution in [0.15, 0.2) is 34.8 Å². The van der Waals surface area contributed by atoms with Gasteiger partial charge in [-0.15, -0.1) is 0 Å². The molecule has 6 heteroatoms. The summed E-state index contributed by atoms with van der Waals surface area (Å²) in [6, 6.07) is 3.82. The van der Waals surface area contributed by atoms with Gasteiger partial charge in [0.25, 0.3) is 5.56 Å². The average molecular weight is 326 g/mol. The SMILES string of the molecule is Cc1nc(-c2ccc(NCCC3=CCOCC3)nc2)[nH]c(=O)c1C. The van der Waals surface area contributed by atoms with Gasteiger partial charge in [-0.05, 0) is 38.8 Å². The molecule has 0 aliphatic carbocycles. The second-order valence-corrected chi connectivity index (χ2v) is 5.92. The van der Waals surface area contributed by atoms with E-state index in [2.05, 4.69) is 26.3 Å². The highest BCUT2D eigenvalue weighted by atomic mass is 16.5. The predicted molar refractivity (Wildman–Crippen MR) is 94.2 cm³/mol. The molecule has 3 heterocycles. The van der Waals surface area contributed by atoms with Crippen LogP contribution >= 0.6 is 0 Å². The van der Waals surface area contributed by atoms with Crippen molar-refractivity contribution in [2.75, 3.05) is 25.1 Å². The Balaban J connectivity index is 1.63. The number of H-pyrrole nitrogens is 1. The van der Waals surface area contributed by atoms with Gasteiger partial charge in [-0.3, -0.25) is 4.79 Å². The summed E-state index contributed by atoms with van der Waals surface area (Å²) in [5.41, 5.74) is 3.51. The Labute approximate surface area is 141 Å². The van der Waals surface area contributed by atoms with Crippen molar-refractivity contribution in [3.63, 3.8) is 0 Å². The van der Waals surface area contributed by atoms with Gasteiger partial charge in [0, 0.05) is 29.6 Å². The molecule has 1 aliphatic heterocycles. The number of ether oxygens (including phenoxy) is 1. The zero-order valence-corrected chi connectivity index (χ0v) is 14.1. The summed E-state index contributed by atoms with van der Waals surface area (Å²) < 4.78 is 5.30. The number of hydrogen-bond acceptors (Lipinski definition) is 5. The molecule has 2 aromatic heterocycles. The Morgan fingerprint density at radius 2 is 2.21 bits per heavy atom.